The Labute approximate surface area is 230 Å². The summed E-state index contributed by atoms with van der Waals surface area (Å²) in [5.41, 5.74) is 11.7. The van der Waals surface area contributed by atoms with Crippen LogP contribution in [-0.4, -0.2) is 0 Å². The Kier molecular flexibility index (Phi) is 5.56. The molecule has 0 radical (unpaired) electrons. The van der Waals surface area contributed by atoms with Gasteiger partial charge < -0.3 is 0 Å². The molecule has 7 aromatic rings. The minimum Gasteiger partial charge on any atom is -0.0616 e. The van der Waals surface area contributed by atoms with Crippen molar-refractivity contribution in [1.82, 2.24) is 0 Å². The molecular weight excluding hydrogens is 468 g/mol. The second kappa shape index (κ2) is 9.26. The van der Waals surface area contributed by atoms with Gasteiger partial charge in [0.25, 0.3) is 0 Å². The van der Waals surface area contributed by atoms with Gasteiger partial charge in [0.2, 0.25) is 0 Å². The molecule has 0 nitrogen and oxygen atoms in total. The van der Waals surface area contributed by atoms with Crippen molar-refractivity contribution in [1.29, 1.82) is 0 Å². The van der Waals surface area contributed by atoms with E-state index in [1.165, 1.54) is 82.4 Å². The summed E-state index contributed by atoms with van der Waals surface area (Å²) in [6.45, 7) is 6.61. The van der Waals surface area contributed by atoms with E-state index in [9.17, 15) is 0 Å². The summed E-state index contributed by atoms with van der Waals surface area (Å²) < 4.78 is 0. The van der Waals surface area contributed by atoms with Crippen molar-refractivity contribution in [3.05, 3.63) is 144 Å². The predicted molar refractivity (Wildman–Crippen MR) is 169 cm³/mol. The highest BCUT2D eigenvalue weighted by Gasteiger charge is 2.17. The monoisotopic (exact) mass is 498 g/mol. The molecule has 0 saturated carbocycles. The smallest absolute Gasteiger partial charge is 0.00262 e. The maximum Gasteiger partial charge on any atom is -0.00262 e. The van der Waals surface area contributed by atoms with Crippen LogP contribution < -0.4 is 0 Å². The maximum atomic E-state index is 2.34. The molecule has 0 amide bonds. The second-order valence-electron chi connectivity index (χ2n) is 10.8. The van der Waals surface area contributed by atoms with E-state index in [4.69, 9.17) is 0 Å². The first-order valence-electron chi connectivity index (χ1n) is 13.7. The average Bonchev–Trinajstić information content (AvgIpc) is 2.95. The summed E-state index contributed by atoms with van der Waals surface area (Å²) in [6.07, 6.45) is 0. The molecule has 0 aliphatic rings. The summed E-state index contributed by atoms with van der Waals surface area (Å²) in [4.78, 5) is 0. The molecule has 0 unspecified atom stereocenters. The number of aryl methyl sites for hydroxylation is 3. The van der Waals surface area contributed by atoms with Crippen molar-refractivity contribution in [2.75, 3.05) is 0 Å². The van der Waals surface area contributed by atoms with E-state index in [2.05, 4.69) is 148 Å². The van der Waals surface area contributed by atoms with E-state index >= 15 is 0 Å². The molecule has 0 saturated heterocycles. The first-order valence-corrected chi connectivity index (χ1v) is 13.7. The minimum absolute atomic E-state index is 1.25. The topological polar surface area (TPSA) is 0 Å². The zero-order chi connectivity index (χ0) is 26.5. The zero-order valence-electron chi connectivity index (χ0n) is 22.6. The Balaban J connectivity index is 1.47. The lowest BCUT2D eigenvalue weighted by atomic mass is 9.85. The molecular formula is C39H30. The molecule has 0 aliphatic carbocycles. The lowest BCUT2D eigenvalue weighted by Crippen LogP contribution is -1.92. The standard InChI is InChI=1S/C39H30/c1-25-22-26(2)37(27(3)23-25)29-17-19-30(20-18-29)38-33-12-6-8-14-35(33)39(36-15-9-7-13-34(36)38)32-21-16-28-10-4-5-11-31(28)24-32/h4-24H,1-3H3. The number of fused-ring (bicyclic) bond motifs is 3. The highest BCUT2D eigenvalue weighted by Crippen LogP contribution is 2.44. The van der Waals surface area contributed by atoms with E-state index in [1.54, 1.807) is 0 Å². The van der Waals surface area contributed by atoms with Crippen molar-refractivity contribution in [2.24, 2.45) is 0 Å². The number of rotatable bonds is 3. The van der Waals surface area contributed by atoms with Crippen LogP contribution in [0.1, 0.15) is 16.7 Å². The Morgan fingerprint density at radius 3 is 1.28 bits per heavy atom. The van der Waals surface area contributed by atoms with Crippen molar-refractivity contribution in [3.63, 3.8) is 0 Å². The molecule has 0 spiro atoms. The molecule has 0 aromatic heterocycles. The molecule has 0 N–H and O–H groups in total. The third kappa shape index (κ3) is 3.92. The summed E-state index contributed by atoms with van der Waals surface area (Å²) in [5.74, 6) is 0. The van der Waals surface area contributed by atoms with Crippen LogP contribution in [0.2, 0.25) is 0 Å². The highest BCUT2D eigenvalue weighted by molar-refractivity contribution is 6.21. The van der Waals surface area contributed by atoms with Gasteiger partial charge in [0.1, 0.15) is 0 Å². The first-order chi connectivity index (χ1) is 19.1. The van der Waals surface area contributed by atoms with Crippen LogP contribution in [0.15, 0.2) is 127 Å². The van der Waals surface area contributed by atoms with E-state index in [0.717, 1.165) is 0 Å². The van der Waals surface area contributed by atoms with Crippen LogP contribution in [0.3, 0.4) is 0 Å². The minimum atomic E-state index is 1.25. The van der Waals surface area contributed by atoms with Crippen LogP contribution >= 0.6 is 0 Å². The van der Waals surface area contributed by atoms with Gasteiger partial charge in [0.15, 0.2) is 0 Å². The SMILES string of the molecule is Cc1cc(C)c(-c2ccc(-c3c4ccccc4c(-c4ccc5ccccc5c4)c4ccccc34)cc2)c(C)c1. The Bertz CT molecular complexity index is 1940. The normalized spacial score (nSPS) is 11.5. The molecule has 0 heteroatoms. The maximum absolute atomic E-state index is 2.34. The van der Waals surface area contributed by atoms with Gasteiger partial charge in [0, 0.05) is 0 Å². The molecule has 7 rings (SSSR count). The van der Waals surface area contributed by atoms with Gasteiger partial charge in [0.05, 0.1) is 0 Å². The first kappa shape index (κ1) is 23.4. The molecule has 7 aromatic carbocycles. The highest BCUT2D eigenvalue weighted by atomic mass is 14.2. The summed E-state index contributed by atoms with van der Waals surface area (Å²) in [7, 11) is 0. The Hall–Kier alpha value is -4.68. The largest absolute Gasteiger partial charge is 0.0616 e. The molecule has 39 heavy (non-hydrogen) atoms. The molecule has 0 atom stereocenters. The van der Waals surface area contributed by atoms with E-state index < -0.39 is 0 Å². The number of hydrogen-bond donors (Lipinski definition) is 0. The lowest BCUT2D eigenvalue weighted by molar-refractivity contribution is 1.32. The van der Waals surface area contributed by atoms with Gasteiger partial charge in [-0.15, -0.1) is 0 Å². The zero-order valence-corrected chi connectivity index (χ0v) is 22.6. The van der Waals surface area contributed by atoms with Gasteiger partial charge in [-0.3, -0.25) is 0 Å². The van der Waals surface area contributed by atoms with E-state index in [0.29, 0.717) is 0 Å². The van der Waals surface area contributed by atoms with Crippen molar-refractivity contribution >= 4 is 32.3 Å². The second-order valence-corrected chi connectivity index (χ2v) is 10.8. The van der Waals surface area contributed by atoms with Gasteiger partial charge in [-0.25, -0.2) is 0 Å². The van der Waals surface area contributed by atoms with Crippen LogP contribution in [-0.2, 0) is 0 Å². The Morgan fingerprint density at radius 1 is 0.333 bits per heavy atom. The van der Waals surface area contributed by atoms with Crippen molar-refractivity contribution in [2.45, 2.75) is 20.8 Å². The van der Waals surface area contributed by atoms with E-state index in [-0.39, 0.29) is 0 Å². The fourth-order valence-corrected chi connectivity index (χ4v) is 6.53. The van der Waals surface area contributed by atoms with Gasteiger partial charge in [-0.2, -0.15) is 0 Å². The van der Waals surface area contributed by atoms with Gasteiger partial charge >= 0.3 is 0 Å². The fraction of sp³-hybridized carbons (Fsp3) is 0.0769. The summed E-state index contributed by atoms with van der Waals surface area (Å²) in [5, 5.41) is 7.69. The van der Waals surface area contributed by atoms with Crippen LogP contribution in [0.25, 0.3) is 65.7 Å². The predicted octanol–water partition coefficient (Wildman–Crippen LogP) is 11.1. The van der Waals surface area contributed by atoms with Crippen molar-refractivity contribution < 1.29 is 0 Å². The third-order valence-electron chi connectivity index (χ3n) is 8.11. The van der Waals surface area contributed by atoms with Crippen LogP contribution in [0, 0.1) is 20.8 Å². The third-order valence-corrected chi connectivity index (χ3v) is 8.11. The quantitative estimate of drug-likeness (QED) is 0.213. The fourth-order valence-electron chi connectivity index (χ4n) is 6.53. The molecule has 0 fully saturated rings. The van der Waals surface area contributed by atoms with Crippen molar-refractivity contribution in [3.8, 4) is 33.4 Å². The number of benzene rings is 7. The van der Waals surface area contributed by atoms with Gasteiger partial charge in [-0.1, -0.05) is 127 Å². The molecule has 0 bridgehead atoms. The molecule has 186 valence electrons. The summed E-state index contributed by atoms with van der Waals surface area (Å²) in [6, 6.07) is 47.0. The van der Waals surface area contributed by atoms with Gasteiger partial charge in [-0.05, 0) is 104 Å². The summed E-state index contributed by atoms with van der Waals surface area (Å²) >= 11 is 0. The number of hydrogen-bond acceptors (Lipinski definition) is 0. The van der Waals surface area contributed by atoms with Crippen LogP contribution in [0.5, 0.6) is 0 Å². The van der Waals surface area contributed by atoms with Crippen LogP contribution in [0.4, 0.5) is 0 Å². The average molecular weight is 499 g/mol. The van der Waals surface area contributed by atoms with E-state index in [1.807, 2.05) is 0 Å². The molecule has 0 aliphatic heterocycles. The Morgan fingerprint density at radius 2 is 0.744 bits per heavy atom. The molecule has 0 heterocycles. The lowest BCUT2D eigenvalue weighted by Gasteiger charge is -2.18.